The summed E-state index contributed by atoms with van der Waals surface area (Å²) in [5, 5.41) is 18.1. The zero-order chi connectivity index (χ0) is 13.0. The molecule has 0 aliphatic carbocycles. The van der Waals surface area contributed by atoms with Gasteiger partial charge in [0.25, 0.3) is 0 Å². The van der Waals surface area contributed by atoms with Crippen molar-refractivity contribution in [3.63, 3.8) is 0 Å². The van der Waals surface area contributed by atoms with E-state index in [4.69, 9.17) is 5.11 Å². The normalized spacial score (nSPS) is 19.2. The average Bonchev–Trinajstić information content (AvgIpc) is 2.84. The van der Waals surface area contributed by atoms with E-state index in [1.54, 1.807) is 12.3 Å². The summed E-state index contributed by atoms with van der Waals surface area (Å²) in [5.74, 6) is -0.916. The highest BCUT2D eigenvalue weighted by Gasteiger charge is 2.27. The summed E-state index contributed by atoms with van der Waals surface area (Å²) < 4.78 is 0. The van der Waals surface area contributed by atoms with E-state index in [-0.39, 0.29) is 6.61 Å². The van der Waals surface area contributed by atoms with E-state index in [0.29, 0.717) is 17.3 Å². The smallest absolute Gasteiger partial charge is 0.337 e. The molecule has 5 nitrogen and oxygen atoms in total. The lowest BCUT2D eigenvalue weighted by Crippen LogP contribution is -2.30. The molecule has 1 fully saturated rings. The molecule has 1 aromatic heterocycles. The Labute approximate surface area is 106 Å². The second-order valence-electron chi connectivity index (χ2n) is 4.55. The van der Waals surface area contributed by atoms with Gasteiger partial charge in [-0.15, -0.1) is 0 Å². The van der Waals surface area contributed by atoms with Crippen LogP contribution in [0.3, 0.4) is 0 Å². The van der Waals surface area contributed by atoms with Crippen molar-refractivity contribution in [1.29, 1.82) is 0 Å². The molecule has 2 heterocycles. The van der Waals surface area contributed by atoms with Crippen LogP contribution in [0.5, 0.6) is 0 Å². The third-order valence-electron chi connectivity index (χ3n) is 3.41. The molecule has 98 valence electrons. The molecule has 1 saturated heterocycles. The first-order valence-electron chi connectivity index (χ1n) is 6.29. The molecule has 1 aliphatic heterocycles. The number of anilines is 1. The summed E-state index contributed by atoms with van der Waals surface area (Å²) >= 11 is 0. The number of carbonyl (C=O) groups is 1. The van der Waals surface area contributed by atoms with E-state index < -0.39 is 5.97 Å². The molecule has 2 rings (SSSR count). The Kier molecular flexibility index (Phi) is 4.15. The van der Waals surface area contributed by atoms with Gasteiger partial charge in [-0.3, -0.25) is 4.98 Å². The van der Waals surface area contributed by atoms with Crippen LogP contribution in [0, 0.1) is 0 Å². The largest absolute Gasteiger partial charge is 0.478 e. The lowest BCUT2D eigenvalue weighted by Gasteiger charge is -2.27. The van der Waals surface area contributed by atoms with E-state index >= 15 is 0 Å². The molecule has 1 aliphatic rings. The van der Waals surface area contributed by atoms with Gasteiger partial charge in [0.15, 0.2) is 0 Å². The number of pyridine rings is 1. The molecule has 1 atom stereocenters. The molecule has 18 heavy (non-hydrogen) atoms. The van der Waals surface area contributed by atoms with Gasteiger partial charge < -0.3 is 15.1 Å². The molecule has 1 unspecified atom stereocenters. The van der Waals surface area contributed by atoms with Gasteiger partial charge in [0, 0.05) is 25.4 Å². The Morgan fingerprint density at radius 3 is 3.11 bits per heavy atom. The van der Waals surface area contributed by atoms with E-state index in [1.807, 2.05) is 0 Å². The van der Waals surface area contributed by atoms with Crippen molar-refractivity contribution in [1.82, 2.24) is 4.98 Å². The van der Waals surface area contributed by atoms with Crippen molar-refractivity contribution in [3.8, 4) is 0 Å². The van der Waals surface area contributed by atoms with Crippen LogP contribution >= 0.6 is 0 Å². The summed E-state index contributed by atoms with van der Waals surface area (Å²) in [6.07, 6.45) is 6.89. The molecule has 0 amide bonds. The fraction of sp³-hybridized carbons (Fsp3) is 0.538. The van der Waals surface area contributed by atoms with Crippen molar-refractivity contribution < 1.29 is 15.0 Å². The molecule has 1 aromatic rings. The van der Waals surface area contributed by atoms with Gasteiger partial charge >= 0.3 is 5.97 Å². The van der Waals surface area contributed by atoms with Crippen LogP contribution in [0.4, 0.5) is 5.69 Å². The number of carboxylic acids is 1. The Morgan fingerprint density at radius 2 is 2.39 bits per heavy atom. The first-order valence-corrected chi connectivity index (χ1v) is 6.29. The van der Waals surface area contributed by atoms with Crippen LogP contribution in [0.15, 0.2) is 18.5 Å². The zero-order valence-electron chi connectivity index (χ0n) is 10.2. The third-order valence-corrected chi connectivity index (χ3v) is 3.41. The number of rotatable bonds is 5. The molecule has 0 bridgehead atoms. The monoisotopic (exact) mass is 250 g/mol. The number of aliphatic hydroxyl groups excluding tert-OH is 1. The highest BCUT2D eigenvalue weighted by atomic mass is 16.4. The molecule has 0 radical (unpaired) electrons. The van der Waals surface area contributed by atoms with Gasteiger partial charge in [-0.1, -0.05) is 0 Å². The number of hydrogen-bond donors (Lipinski definition) is 2. The lowest BCUT2D eigenvalue weighted by molar-refractivity contribution is 0.0697. The summed E-state index contributed by atoms with van der Waals surface area (Å²) in [7, 11) is 0. The van der Waals surface area contributed by atoms with Crippen molar-refractivity contribution in [2.45, 2.75) is 31.7 Å². The number of nitrogens with zero attached hydrogens (tertiary/aromatic N) is 2. The maximum atomic E-state index is 11.2. The number of hydrogen-bond acceptors (Lipinski definition) is 4. The first-order chi connectivity index (χ1) is 8.74. The molecular weight excluding hydrogens is 232 g/mol. The van der Waals surface area contributed by atoms with Crippen molar-refractivity contribution >= 4 is 11.7 Å². The predicted octanol–water partition coefficient (Wildman–Crippen LogP) is 1.52. The molecule has 0 spiro atoms. The summed E-state index contributed by atoms with van der Waals surface area (Å²) in [6.45, 7) is 1.05. The number of aromatic nitrogens is 1. The summed E-state index contributed by atoms with van der Waals surface area (Å²) in [4.78, 5) is 17.4. The maximum Gasteiger partial charge on any atom is 0.337 e. The Morgan fingerprint density at radius 1 is 1.56 bits per heavy atom. The van der Waals surface area contributed by atoms with E-state index in [1.165, 1.54) is 6.20 Å². The number of carboxylic acid groups (broad SMARTS) is 1. The van der Waals surface area contributed by atoms with E-state index in [2.05, 4.69) is 9.88 Å². The highest BCUT2D eigenvalue weighted by molar-refractivity contribution is 5.94. The lowest BCUT2D eigenvalue weighted by atomic mass is 10.1. The quantitative estimate of drug-likeness (QED) is 0.828. The zero-order valence-corrected chi connectivity index (χ0v) is 10.2. The SMILES string of the molecule is O=C(O)c1ccncc1N1CCCC1CCCO. The van der Waals surface area contributed by atoms with Gasteiger partial charge in [0.05, 0.1) is 17.4 Å². The Balaban J connectivity index is 2.21. The van der Waals surface area contributed by atoms with Crippen molar-refractivity contribution in [3.05, 3.63) is 24.0 Å². The van der Waals surface area contributed by atoms with Gasteiger partial charge in [-0.2, -0.15) is 0 Å². The van der Waals surface area contributed by atoms with Crippen LogP contribution in [0.1, 0.15) is 36.0 Å². The third kappa shape index (κ3) is 2.61. The van der Waals surface area contributed by atoms with Gasteiger partial charge in [-0.05, 0) is 31.7 Å². The van der Waals surface area contributed by atoms with Crippen molar-refractivity contribution in [2.75, 3.05) is 18.1 Å². The maximum absolute atomic E-state index is 11.2. The van der Waals surface area contributed by atoms with Crippen LogP contribution < -0.4 is 4.90 Å². The minimum Gasteiger partial charge on any atom is -0.478 e. The predicted molar refractivity (Wildman–Crippen MR) is 67.9 cm³/mol. The Bertz CT molecular complexity index is 422. The van der Waals surface area contributed by atoms with Gasteiger partial charge in [-0.25, -0.2) is 4.79 Å². The van der Waals surface area contributed by atoms with Crippen LogP contribution in [0.2, 0.25) is 0 Å². The van der Waals surface area contributed by atoms with Crippen molar-refractivity contribution in [2.24, 2.45) is 0 Å². The highest BCUT2D eigenvalue weighted by Crippen LogP contribution is 2.30. The van der Waals surface area contributed by atoms with Gasteiger partial charge in [0.1, 0.15) is 0 Å². The average molecular weight is 250 g/mol. The standard InChI is InChI=1S/C13H18N2O3/c16-8-2-4-10-3-1-7-15(10)12-9-14-6-5-11(12)13(17)18/h5-6,9-10,16H,1-4,7-8H2,(H,17,18). The second-order valence-corrected chi connectivity index (χ2v) is 4.55. The number of aromatic carboxylic acids is 1. The molecule has 0 aromatic carbocycles. The minimum atomic E-state index is -0.916. The van der Waals surface area contributed by atoms with Gasteiger partial charge in [0.2, 0.25) is 0 Å². The molecule has 5 heteroatoms. The summed E-state index contributed by atoms with van der Waals surface area (Å²) in [5.41, 5.74) is 1.01. The van der Waals surface area contributed by atoms with E-state index in [9.17, 15) is 9.90 Å². The van der Waals surface area contributed by atoms with E-state index in [0.717, 1.165) is 32.2 Å². The minimum absolute atomic E-state index is 0.184. The first kappa shape index (κ1) is 12.8. The molecule has 0 saturated carbocycles. The second kappa shape index (κ2) is 5.82. The molecule has 2 N–H and O–H groups in total. The van der Waals surface area contributed by atoms with Crippen LogP contribution in [0.25, 0.3) is 0 Å². The number of aliphatic hydroxyl groups is 1. The fourth-order valence-electron chi connectivity index (χ4n) is 2.58. The van der Waals surface area contributed by atoms with Crippen LogP contribution in [-0.4, -0.2) is 40.4 Å². The molecular formula is C13H18N2O3. The Hall–Kier alpha value is -1.62. The topological polar surface area (TPSA) is 73.7 Å². The van der Waals surface area contributed by atoms with Crippen LogP contribution in [-0.2, 0) is 0 Å². The fourth-order valence-corrected chi connectivity index (χ4v) is 2.58. The summed E-state index contributed by atoms with van der Waals surface area (Å²) in [6, 6.07) is 1.86.